The molecular formula is C12H17N3O. The zero-order valence-corrected chi connectivity index (χ0v) is 9.23. The molecule has 1 atom stereocenters. The normalized spacial score (nSPS) is 21.1. The summed E-state index contributed by atoms with van der Waals surface area (Å²) in [5.41, 5.74) is 13.1. The fraction of sp³-hybridized carbons (Fsp3) is 0.417. The van der Waals surface area contributed by atoms with Crippen molar-refractivity contribution in [2.75, 3.05) is 12.3 Å². The summed E-state index contributed by atoms with van der Waals surface area (Å²) in [5.74, 6) is -0.230. The number of carbonyl (C=O) groups excluding carboxylic acids is 1. The molecule has 0 bridgehead atoms. The lowest BCUT2D eigenvalue weighted by Gasteiger charge is -2.22. The number of benzene rings is 1. The molecule has 1 saturated heterocycles. The number of para-hydroxylation sites is 1. The van der Waals surface area contributed by atoms with Crippen molar-refractivity contribution in [1.82, 2.24) is 4.90 Å². The highest BCUT2D eigenvalue weighted by atomic mass is 16.1. The van der Waals surface area contributed by atoms with Crippen LogP contribution in [0.15, 0.2) is 24.3 Å². The van der Waals surface area contributed by atoms with E-state index in [1.165, 1.54) is 0 Å². The van der Waals surface area contributed by atoms with E-state index in [1.807, 2.05) is 24.3 Å². The Morgan fingerprint density at radius 1 is 1.44 bits per heavy atom. The van der Waals surface area contributed by atoms with Gasteiger partial charge in [0.05, 0.1) is 6.04 Å². The predicted octanol–water partition coefficient (Wildman–Crippen LogP) is 0.718. The number of nitrogen functional groups attached to an aromatic ring is 1. The van der Waals surface area contributed by atoms with Crippen molar-refractivity contribution in [3.63, 3.8) is 0 Å². The maximum absolute atomic E-state index is 11.2. The van der Waals surface area contributed by atoms with Gasteiger partial charge in [-0.1, -0.05) is 18.2 Å². The second-order valence-corrected chi connectivity index (χ2v) is 4.23. The Labute approximate surface area is 95.2 Å². The summed E-state index contributed by atoms with van der Waals surface area (Å²) >= 11 is 0. The van der Waals surface area contributed by atoms with Crippen LogP contribution in [0.2, 0.25) is 0 Å². The van der Waals surface area contributed by atoms with Crippen molar-refractivity contribution >= 4 is 11.6 Å². The van der Waals surface area contributed by atoms with E-state index in [1.54, 1.807) is 0 Å². The summed E-state index contributed by atoms with van der Waals surface area (Å²) in [7, 11) is 0. The number of rotatable bonds is 3. The average Bonchev–Trinajstić information content (AvgIpc) is 2.69. The summed E-state index contributed by atoms with van der Waals surface area (Å²) in [6, 6.07) is 7.62. The van der Waals surface area contributed by atoms with Gasteiger partial charge in [0.2, 0.25) is 5.91 Å². The van der Waals surface area contributed by atoms with Gasteiger partial charge < -0.3 is 11.5 Å². The van der Waals surface area contributed by atoms with Crippen LogP contribution in [-0.4, -0.2) is 23.4 Å². The minimum absolute atomic E-state index is 0.125. The maximum Gasteiger partial charge on any atom is 0.234 e. The highest BCUT2D eigenvalue weighted by Crippen LogP contribution is 2.22. The number of primary amides is 1. The van der Waals surface area contributed by atoms with Crippen molar-refractivity contribution < 1.29 is 4.79 Å². The molecule has 0 radical (unpaired) electrons. The molecule has 0 saturated carbocycles. The maximum atomic E-state index is 11.2. The molecular weight excluding hydrogens is 202 g/mol. The topological polar surface area (TPSA) is 72.4 Å². The molecule has 1 aromatic rings. The van der Waals surface area contributed by atoms with E-state index in [0.717, 1.165) is 30.6 Å². The molecule has 1 unspecified atom stereocenters. The number of anilines is 1. The predicted molar refractivity (Wildman–Crippen MR) is 63.5 cm³/mol. The van der Waals surface area contributed by atoms with Crippen molar-refractivity contribution in [3.05, 3.63) is 29.8 Å². The fourth-order valence-electron chi connectivity index (χ4n) is 2.23. The highest BCUT2D eigenvalue weighted by molar-refractivity contribution is 5.80. The first-order valence-corrected chi connectivity index (χ1v) is 5.55. The second kappa shape index (κ2) is 4.53. The SMILES string of the molecule is NC(=O)C1CCCN1Cc1ccccc1N. The molecule has 86 valence electrons. The highest BCUT2D eigenvalue weighted by Gasteiger charge is 2.28. The number of nitrogens with two attached hydrogens (primary N) is 2. The van der Waals surface area contributed by atoms with Crippen LogP contribution in [0.5, 0.6) is 0 Å². The largest absolute Gasteiger partial charge is 0.398 e. The van der Waals surface area contributed by atoms with E-state index >= 15 is 0 Å². The molecule has 1 aromatic carbocycles. The Kier molecular flexibility index (Phi) is 3.10. The number of hydrogen-bond donors (Lipinski definition) is 2. The Balaban J connectivity index is 2.10. The number of amides is 1. The molecule has 4 N–H and O–H groups in total. The van der Waals surface area contributed by atoms with Gasteiger partial charge in [0.25, 0.3) is 0 Å². The molecule has 1 fully saturated rings. The Morgan fingerprint density at radius 3 is 2.88 bits per heavy atom. The van der Waals surface area contributed by atoms with Crippen molar-refractivity contribution in [2.24, 2.45) is 5.73 Å². The molecule has 1 aliphatic heterocycles. The zero-order chi connectivity index (χ0) is 11.5. The van der Waals surface area contributed by atoms with E-state index in [0.29, 0.717) is 6.54 Å². The first kappa shape index (κ1) is 11.0. The van der Waals surface area contributed by atoms with Gasteiger partial charge in [-0.2, -0.15) is 0 Å². The Morgan fingerprint density at radius 2 is 2.19 bits per heavy atom. The lowest BCUT2D eigenvalue weighted by Crippen LogP contribution is -2.39. The van der Waals surface area contributed by atoms with Crippen LogP contribution >= 0.6 is 0 Å². The van der Waals surface area contributed by atoms with E-state index in [4.69, 9.17) is 11.5 Å². The molecule has 1 amide bonds. The van der Waals surface area contributed by atoms with E-state index < -0.39 is 0 Å². The number of carbonyl (C=O) groups is 1. The zero-order valence-electron chi connectivity index (χ0n) is 9.23. The molecule has 16 heavy (non-hydrogen) atoms. The van der Waals surface area contributed by atoms with E-state index in [9.17, 15) is 4.79 Å². The van der Waals surface area contributed by atoms with Crippen LogP contribution in [-0.2, 0) is 11.3 Å². The first-order chi connectivity index (χ1) is 7.68. The molecule has 0 aromatic heterocycles. The van der Waals surface area contributed by atoms with Gasteiger partial charge in [0, 0.05) is 12.2 Å². The Bertz CT molecular complexity index is 392. The van der Waals surface area contributed by atoms with Gasteiger partial charge in [-0.15, -0.1) is 0 Å². The van der Waals surface area contributed by atoms with Gasteiger partial charge in [-0.3, -0.25) is 9.69 Å². The summed E-state index contributed by atoms with van der Waals surface area (Å²) < 4.78 is 0. The van der Waals surface area contributed by atoms with Crippen LogP contribution in [0, 0.1) is 0 Å². The lowest BCUT2D eigenvalue weighted by atomic mass is 10.1. The van der Waals surface area contributed by atoms with Crippen LogP contribution in [0.1, 0.15) is 18.4 Å². The molecule has 1 aliphatic rings. The quantitative estimate of drug-likeness (QED) is 0.736. The van der Waals surface area contributed by atoms with Gasteiger partial charge in [-0.05, 0) is 31.0 Å². The monoisotopic (exact) mass is 219 g/mol. The number of likely N-dealkylation sites (tertiary alicyclic amines) is 1. The third-order valence-corrected chi connectivity index (χ3v) is 3.12. The first-order valence-electron chi connectivity index (χ1n) is 5.55. The van der Waals surface area contributed by atoms with Crippen LogP contribution < -0.4 is 11.5 Å². The van der Waals surface area contributed by atoms with Crippen molar-refractivity contribution in [3.8, 4) is 0 Å². The van der Waals surface area contributed by atoms with Crippen molar-refractivity contribution in [1.29, 1.82) is 0 Å². The third-order valence-electron chi connectivity index (χ3n) is 3.12. The summed E-state index contributed by atoms with van der Waals surface area (Å²) in [6.07, 6.45) is 1.89. The van der Waals surface area contributed by atoms with Gasteiger partial charge in [-0.25, -0.2) is 0 Å². The third kappa shape index (κ3) is 2.17. The van der Waals surface area contributed by atoms with E-state index in [-0.39, 0.29) is 11.9 Å². The van der Waals surface area contributed by atoms with Crippen LogP contribution in [0.4, 0.5) is 5.69 Å². The van der Waals surface area contributed by atoms with E-state index in [2.05, 4.69) is 4.90 Å². The lowest BCUT2D eigenvalue weighted by molar-refractivity contribution is -0.122. The smallest absolute Gasteiger partial charge is 0.234 e. The minimum atomic E-state index is -0.230. The molecule has 1 heterocycles. The minimum Gasteiger partial charge on any atom is -0.398 e. The standard InChI is InChI=1S/C12H17N3O/c13-10-5-2-1-4-9(10)8-15-7-3-6-11(15)12(14)16/h1-2,4-5,11H,3,6-8,13H2,(H2,14,16). The second-order valence-electron chi connectivity index (χ2n) is 4.23. The summed E-state index contributed by atoms with van der Waals surface area (Å²) in [5, 5.41) is 0. The van der Waals surface area contributed by atoms with Gasteiger partial charge in [0.1, 0.15) is 0 Å². The summed E-state index contributed by atoms with van der Waals surface area (Å²) in [6.45, 7) is 1.63. The molecule has 4 heteroatoms. The number of hydrogen-bond acceptors (Lipinski definition) is 3. The van der Waals surface area contributed by atoms with Gasteiger partial charge in [0.15, 0.2) is 0 Å². The van der Waals surface area contributed by atoms with Gasteiger partial charge >= 0.3 is 0 Å². The molecule has 0 spiro atoms. The molecule has 4 nitrogen and oxygen atoms in total. The summed E-state index contributed by atoms with van der Waals surface area (Å²) in [4.78, 5) is 13.3. The molecule has 0 aliphatic carbocycles. The van der Waals surface area contributed by atoms with Crippen LogP contribution in [0.25, 0.3) is 0 Å². The fourth-order valence-corrected chi connectivity index (χ4v) is 2.23. The van der Waals surface area contributed by atoms with Crippen LogP contribution in [0.3, 0.4) is 0 Å². The van der Waals surface area contributed by atoms with Crippen molar-refractivity contribution in [2.45, 2.75) is 25.4 Å². The Hall–Kier alpha value is -1.55. The average molecular weight is 219 g/mol. The molecule has 2 rings (SSSR count). The number of nitrogens with zero attached hydrogens (tertiary/aromatic N) is 1.